The lowest BCUT2D eigenvalue weighted by molar-refractivity contribution is -0.125. The first-order valence-corrected chi connectivity index (χ1v) is 10.4. The molecule has 0 bridgehead atoms. The number of anilines is 1. The zero-order valence-corrected chi connectivity index (χ0v) is 17.9. The van der Waals surface area contributed by atoms with Gasteiger partial charge in [0.2, 0.25) is 5.91 Å². The molecule has 34 heavy (non-hydrogen) atoms. The van der Waals surface area contributed by atoms with Crippen molar-refractivity contribution in [3.05, 3.63) is 89.5 Å². The van der Waals surface area contributed by atoms with E-state index in [0.717, 1.165) is 17.7 Å². The van der Waals surface area contributed by atoms with Crippen molar-refractivity contribution in [1.29, 1.82) is 0 Å². The zero-order chi connectivity index (χ0) is 24.1. The van der Waals surface area contributed by atoms with Gasteiger partial charge in [-0.3, -0.25) is 19.3 Å². The molecule has 4 rings (SSSR count). The van der Waals surface area contributed by atoms with E-state index < -0.39 is 29.9 Å². The molecule has 1 heterocycles. The van der Waals surface area contributed by atoms with Crippen molar-refractivity contribution in [1.82, 2.24) is 5.32 Å². The van der Waals surface area contributed by atoms with Crippen LogP contribution in [0.1, 0.15) is 15.9 Å². The quantitative estimate of drug-likeness (QED) is 0.515. The Hall–Kier alpha value is -4.27. The maximum atomic E-state index is 13.3. The van der Waals surface area contributed by atoms with Crippen LogP contribution in [0.4, 0.5) is 14.5 Å². The molecule has 1 N–H and O–H groups in total. The summed E-state index contributed by atoms with van der Waals surface area (Å²) in [6.45, 7) is -0.600. The summed E-state index contributed by atoms with van der Waals surface area (Å²) in [5, 5.41) is 2.76. The fourth-order valence-electron chi connectivity index (χ4n) is 3.34. The normalized spacial score (nSPS) is 12.5. The van der Waals surface area contributed by atoms with Gasteiger partial charge in [-0.1, -0.05) is 30.3 Å². The van der Waals surface area contributed by atoms with E-state index in [1.807, 2.05) is 30.3 Å². The molecule has 1 aliphatic rings. The summed E-state index contributed by atoms with van der Waals surface area (Å²) >= 11 is 0. The van der Waals surface area contributed by atoms with Crippen molar-refractivity contribution in [3.8, 4) is 11.5 Å². The van der Waals surface area contributed by atoms with Crippen LogP contribution in [0.25, 0.3) is 0 Å². The van der Waals surface area contributed by atoms with Gasteiger partial charge in [0.25, 0.3) is 5.91 Å². The molecule has 0 aliphatic carbocycles. The second-order valence-corrected chi connectivity index (χ2v) is 7.50. The van der Waals surface area contributed by atoms with Crippen LogP contribution in [0.15, 0.2) is 66.7 Å². The van der Waals surface area contributed by atoms with E-state index >= 15 is 0 Å². The van der Waals surface area contributed by atoms with Crippen molar-refractivity contribution in [3.63, 3.8) is 0 Å². The molecule has 0 atom stereocenters. The number of carbonyl (C=O) groups is 3. The predicted octanol–water partition coefficient (Wildman–Crippen LogP) is 3.27. The smallest absolute Gasteiger partial charge is 0.265 e. The summed E-state index contributed by atoms with van der Waals surface area (Å²) in [6, 6.07) is 16.8. The number of nitrogens with zero attached hydrogens (tertiary/aromatic N) is 1. The van der Waals surface area contributed by atoms with Gasteiger partial charge >= 0.3 is 0 Å². The van der Waals surface area contributed by atoms with Gasteiger partial charge < -0.3 is 14.8 Å². The minimum atomic E-state index is -1.09. The lowest BCUT2D eigenvalue weighted by atomic mass is 10.1. The molecule has 0 aromatic heterocycles. The fraction of sp³-hybridized carbons (Fsp3) is 0.160. The highest BCUT2D eigenvalue weighted by Crippen LogP contribution is 2.33. The van der Waals surface area contributed by atoms with Gasteiger partial charge in [-0.2, -0.15) is 0 Å². The van der Waals surface area contributed by atoms with Crippen molar-refractivity contribution in [2.24, 2.45) is 0 Å². The summed E-state index contributed by atoms with van der Waals surface area (Å²) in [4.78, 5) is 38.8. The Bertz CT molecular complexity index is 1230. The molecule has 0 fully saturated rings. The minimum Gasteiger partial charge on any atom is -0.485 e. The summed E-state index contributed by atoms with van der Waals surface area (Å²) < 4.78 is 37.1. The van der Waals surface area contributed by atoms with E-state index in [9.17, 15) is 23.2 Å². The number of Topliss-reactive ketones (excluding diaryl/α,β-unsaturated/α-hetero) is 1. The van der Waals surface area contributed by atoms with E-state index in [1.165, 1.54) is 29.2 Å². The number of rotatable bonds is 8. The molecule has 0 spiro atoms. The lowest BCUT2D eigenvalue weighted by Gasteiger charge is -2.29. The molecular formula is C25H20F2N2O5. The molecule has 0 unspecified atom stereocenters. The molecule has 0 saturated heterocycles. The molecule has 3 aromatic rings. The van der Waals surface area contributed by atoms with E-state index in [0.29, 0.717) is 12.3 Å². The Morgan fingerprint density at radius 1 is 1.00 bits per heavy atom. The average Bonchev–Trinajstić information content (AvgIpc) is 2.85. The standard InChI is InChI=1S/C25H20F2N2O5/c26-19-8-7-18(11-20(19)27)33-14-22(30)17-6-9-23-21(10-17)29(25(32)15-34-23)13-24(31)28-12-16-4-2-1-3-5-16/h1-11H,12-15H2,(H,28,31). The summed E-state index contributed by atoms with van der Waals surface area (Å²) in [6.07, 6.45) is 0. The van der Waals surface area contributed by atoms with Crippen molar-refractivity contribution >= 4 is 23.3 Å². The molecule has 0 radical (unpaired) electrons. The van der Waals surface area contributed by atoms with Crippen molar-refractivity contribution in [2.75, 3.05) is 24.7 Å². The van der Waals surface area contributed by atoms with Gasteiger partial charge in [0.1, 0.15) is 18.0 Å². The molecule has 2 amide bonds. The van der Waals surface area contributed by atoms with Crippen LogP contribution in [0.3, 0.4) is 0 Å². The van der Waals surface area contributed by atoms with Crippen LogP contribution in [0, 0.1) is 11.6 Å². The zero-order valence-electron chi connectivity index (χ0n) is 17.9. The molecule has 9 heteroatoms. The maximum Gasteiger partial charge on any atom is 0.265 e. The largest absolute Gasteiger partial charge is 0.485 e. The lowest BCUT2D eigenvalue weighted by Crippen LogP contribution is -2.45. The third-order valence-electron chi connectivity index (χ3n) is 5.12. The number of benzene rings is 3. The Labute approximate surface area is 193 Å². The highest BCUT2D eigenvalue weighted by atomic mass is 19.2. The van der Waals surface area contributed by atoms with E-state index in [2.05, 4.69) is 5.32 Å². The number of ether oxygens (including phenoxy) is 2. The molecule has 0 saturated carbocycles. The molecule has 174 valence electrons. The van der Waals surface area contributed by atoms with Gasteiger partial charge in [0.05, 0.1) is 5.69 Å². The predicted molar refractivity (Wildman–Crippen MR) is 119 cm³/mol. The minimum absolute atomic E-state index is 0.000403. The first-order chi connectivity index (χ1) is 16.4. The Morgan fingerprint density at radius 3 is 2.56 bits per heavy atom. The van der Waals surface area contributed by atoms with Crippen LogP contribution < -0.4 is 19.7 Å². The van der Waals surface area contributed by atoms with Crippen LogP contribution in [-0.2, 0) is 16.1 Å². The second-order valence-electron chi connectivity index (χ2n) is 7.50. The summed E-state index contributed by atoms with van der Waals surface area (Å²) in [7, 11) is 0. The van der Waals surface area contributed by atoms with Crippen LogP contribution in [0.5, 0.6) is 11.5 Å². The Balaban J connectivity index is 1.44. The maximum absolute atomic E-state index is 13.3. The molecule has 1 aliphatic heterocycles. The molecule has 7 nitrogen and oxygen atoms in total. The first kappa shape index (κ1) is 22.9. The molecule has 3 aromatic carbocycles. The SMILES string of the molecule is O=C(CN1C(=O)COc2ccc(C(=O)COc3ccc(F)c(F)c3)cc21)NCc1ccccc1. The number of ketones is 1. The van der Waals surface area contributed by atoms with Gasteiger partial charge in [0.15, 0.2) is 30.6 Å². The number of fused-ring (bicyclic) bond motifs is 1. The summed E-state index contributed by atoms with van der Waals surface area (Å²) in [5.74, 6) is -3.01. The van der Waals surface area contributed by atoms with Crippen molar-refractivity contribution < 1.29 is 32.6 Å². The fourth-order valence-corrected chi connectivity index (χ4v) is 3.34. The van der Waals surface area contributed by atoms with Gasteiger partial charge in [0, 0.05) is 18.2 Å². The van der Waals surface area contributed by atoms with Crippen LogP contribution in [-0.4, -0.2) is 37.4 Å². The monoisotopic (exact) mass is 466 g/mol. The van der Waals surface area contributed by atoms with E-state index in [-0.39, 0.29) is 36.1 Å². The van der Waals surface area contributed by atoms with Crippen LogP contribution in [0.2, 0.25) is 0 Å². The number of hydrogen-bond donors (Lipinski definition) is 1. The van der Waals surface area contributed by atoms with E-state index in [1.54, 1.807) is 0 Å². The van der Waals surface area contributed by atoms with E-state index in [4.69, 9.17) is 9.47 Å². The number of carbonyl (C=O) groups excluding carboxylic acids is 3. The Kier molecular flexibility index (Phi) is 6.82. The number of halogens is 2. The highest BCUT2D eigenvalue weighted by Gasteiger charge is 2.28. The second kappa shape index (κ2) is 10.1. The van der Waals surface area contributed by atoms with Gasteiger partial charge in [-0.15, -0.1) is 0 Å². The highest BCUT2D eigenvalue weighted by molar-refractivity contribution is 6.04. The number of nitrogens with one attached hydrogen (secondary N) is 1. The molecular weight excluding hydrogens is 446 g/mol. The van der Waals surface area contributed by atoms with Gasteiger partial charge in [-0.25, -0.2) is 8.78 Å². The average molecular weight is 466 g/mol. The van der Waals surface area contributed by atoms with Crippen molar-refractivity contribution in [2.45, 2.75) is 6.54 Å². The Morgan fingerprint density at radius 2 is 1.79 bits per heavy atom. The number of amides is 2. The van der Waals surface area contributed by atoms with Gasteiger partial charge in [-0.05, 0) is 35.9 Å². The third-order valence-corrected chi connectivity index (χ3v) is 5.12. The summed E-state index contributed by atoms with van der Waals surface area (Å²) in [5.41, 5.74) is 1.40. The third kappa shape index (κ3) is 5.37. The number of hydrogen-bond acceptors (Lipinski definition) is 5. The topological polar surface area (TPSA) is 84.9 Å². The first-order valence-electron chi connectivity index (χ1n) is 10.4. The van der Waals surface area contributed by atoms with Crippen LogP contribution >= 0.6 is 0 Å².